The van der Waals surface area contributed by atoms with Crippen LogP contribution in [-0.2, 0) is 9.59 Å². The van der Waals surface area contributed by atoms with Gasteiger partial charge < -0.3 is 10.2 Å². The number of fused-ring (bicyclic) bond motifs is 7. The van der Waals surface area contributed by atoms with E-state index in [-0.39, 0.29) is 38.9 Å². The fraction of sp³-hybridized carbons (Fsp3) is 0.867. The van der Waals surface area contributed by atoms with Crippen molar-refractivity contribution in [3.63, 3.8) is 0 Å². The Morgan fingerprint density at radius 1 is 0.971 bits per heavy atom. The second-order valence-electron chi connectivity index (χ2n) is 14.5. The Labute approximate surface area is 206 Å². The van der Waals surface area contributed by atoms with Crippen LogP contribution >= 0.6 is 0 Å². The van der Waals surface area contributed by atoms with Gasteiger partial charge in [0.05, 0.1) is 12.0 Å². The fourth-order valence-corrected chi connectivity index (χ4v) is 10.8. The highest BCUT2D eigenvalue weighted by Gasteiger charge is 2.69. The van der Waals surface area contributed by atoms with Crippen molar-refractivity contribution in [3.05, 3.63) is 11.6 Å². The summed E-state index contributed by atoms with van der Waals surface area (Å²) >= 11 is 0. The lowest BCUT2D eigenvalue weighted by Gasteiger charge is -2.71. The Hall–Kier alpha value is -1.16. The van der Waals surface area contributed by atoms with Crippen molar-refractivity contribution in [1.82, 2.24) is 0 Å². The molecular formula is C30H46O4. The molecule has 0 radical (unpaired) electrons. The first kappa shape index (κ1) is 24.5. The summed E-state index contributed by atoms with van der Waals surface area (Å²) in [6, 6.07) is 0. The molecule has 4 fully saturated rings. The number of carbonyl (C=O) groups is 2. The number of aliphatic carboxylic acids is 1. The third-order valence-electron chi connectivity index (χ3n) is 13.2. The van der Waals surface area contributed by atoms with Crippen molar-refractivity contribution in [2.45, 2.75) is 106 Å². The number of Topliss-reactive ketones (excluding diaryl/α,β-unsaturated/α-hetero) is 1. The lowest BCUT2D eigenvalue weighted by atomic mass is 9.33. The van der Waals surface area contributed by atoms with Gasteiger partial charge in [-0.3, -0.25) is 9.59 Å². The average Bonchev–Trinajstić information content (AvgIpc) is 2.74. The van der Waals surface area contributed by atoms with E-state index < -0.39 is 18.0 Å². The normalized spacial score (nSPS) is 54.1. The van der Waals surface area contributed by atoms with E-state index in [1.54, 1.807) is 0 Å². The van der Waals surface area contributed by atoms with Crippen molar-refractivity contribution in [1.29, 1.82) is 0 Å². The highest BCUT2D eigenvalue weighted by molar-refractivity contribution is 5.85. The minimum absolute atomic E-state index is 0.00798. The molecule has 0 heterocycles. The summed E-state index contributed by atoms with van der Waals surface area (Å²) in [7, 11) is 0. The largest absolute Gasteiger partial charge is 0.481 e. The molecule has 4 heteroatoms. The third kappa shape index (κ3) is 2.75. The van der Waals surface area contributed by atoms with E-state index >= 15 is 0 Å². The summed E-state index contributed by atoms with van der Waals surface area (Å²) in [5, 5.41) is 21.2. The Morgan fingerprint density at radius 3 is 2.29 bits per heavy atom. The highest BCUT2D eigenvalue weighted by Crippen LogP contribution is 2.75. The molecule has 190 valence electrons. The average molecular weight is 471 g/mol. The quantitative estimate of drug-likeness (QED) is 0.443. The number of carboxylic acids is 1. The number of ketones is 1. The summed E-state index contributed by atoms with van der Waals surface area (Å²) in [6.45, 7) is 16.2. The molecule has 0 aromatic rings. The Morgan fingerprint density at radius 2 is 1.65 bits per heavy atom. The first-order chi connectivity index (χ1) is 15.6. The molecule has 2 N–H and O–H groups in total. The van der Waals surface area contributed by atoms with Crippen LogP contribution in [0.4, 0.5) is 0 Å². The molecular weight excluding hydrogens is 424 g/mol. The van der Waals surface area contributed by atoms with Crippen LogP contribution in [0.25, 0.3) is 0 Å². The zero-order chi connectivity index (χ0) is 25.1. The van der Waals surface area contributed by atoms with Crippen LogP contribution in [0.1, 0.15) is 99.8 Å². The molecule has 5 aliphatic rings. The van der Waals surface area contributed by atoms with E-state index in [9.17, 15) is 19.8 Å². The molecule has 0 aromatic heterocycles. The summed E-state index contributed by atoms with van der Waals surface area (Å²) in [5.74, 6) is 0.291. The molecule has 0 amide bonds. The number of carboxylic acid groups (broad SMARTS) is 1. The monoisotopic (exact) mass is 470 g/mol. The second-order valence-corrected chi connectivity index (χ2v) is 14.5. The molecule has 0 spiro atoms. The van der Waals surface area contributed by atoms with Gasteiger partial charge in [-0.15, -0.1) is 0 Å². The molecule has 5 aliphatic carbocycles. The molecule has 4 saturated carbocycles. The van der Waals surface area contributed by atoms with E-state index in [1.807, 2.05) is 0 Å². The SMILES string of the molecule is C[C@H]1[C@H](C(=O)O)CC(O)[C@]2(C)CC[C@]3(C)C(=CC[C@@H]4[C@@]5(C)CCC(=O)C(C)(C)C5CC[C@]43C)[C@@H]12. The molecule has 0 bridgehead atoms. The maximum Gasteiger partial charge on any atom is 0.306 e. The molecule has 34 heavy (non-hydrogen) atoms. The molecule has 10 atom stereocenters. The van der Waals surface area contributed by atoms with Crippen LogP contribution in [0, 0.1) is 56.7 Å². The molecule has 4 nitrogen and oxygen atoms in total. The van der Waals surface area contributed by atoms with Gasteiger partial charge in [0.1, 0.15) is 5.78 Å². The van der Waals surface area contributed by atoms with E-state index in [2.05, 4.69) is 54.5 Å². The van der Waals surface area contributed by atoms with Crippen molar-refractivity contribution in [3.8, 4) is 0 Å². The first-order valence-corrected chi connectivity index (χ1v) is 13.8. The molecule has 0 saturated heterocycles. The van der Waals surface area contributed by atoms with Crippen LogP contribution < -0.4 is 0 Å². The second kappa shape index (κ2) is 7.20. The van der Waals surface area contributed by atoms with E-state index in [1.165, 1.54) is 5.57 Å². The van der Waals surface area contributed by atoms with Crippen molar-refractivity contribution < 1.29 is 19.8 Å². The smallest absolute Gasteiger partial charge is 0.306 e. The minimum Gasteiger partial charge on any atom is -0.481 e. The van der Waals surface area contributed by atoms with Gasteiger partial charge in [-0.25, -0.2) is 0 Å². The van der Waals surface area contributed by atoms with Crippen molar-refractivity contribution in [2.24, 2.45) is 56.7 Å². The van der Waals surface area contributed by atoms with Gasteiger partial charge in [0.25, 0.3) is 0 Å². The number of carbonyl (C=O) groups excluding carboxylic acids is 1. The van der Waals surface area contributed by atoms with E-state index in [4.69, 9.17) is 0 Å². The molecule has 2 unspecified atom stereocenters. The summed E-state index contributed by atoms with van der Waals surface area (Å²) < 4.78 is 0. The van der Waals surface area contributed by atoms with Gasteiger partial charge in [0.15, 0.2) is 0 Å². The van der Waals surface area contributed by atoms with Gasteiger partial charge in [-0.05, 0) is 84.9 Å². The van der Waals surface area contributed by atoms with Gasteiger partial charge in [-0.1, -0.05) is 60.1 Å². The predicted octanol–water partition coefficient (Wildman–Crippen LogP) is 6.27. The van der Waals surface area contributed by atoms with Crippen molar-refractivity contribution in [2.75, 3.05) is 0 Å². The lowest BCUT2D eigenvalue weighted by molar-refractivity contribution is -0.194. The van der Waals surface area contributed by atoms with E-state index in [0.717, 1.165) is 38.5 Å². The maximum atomic E-state index is 12.9. The number of aliphatic hydroxyl groups is 1. The van der Waals surface area contributed by atoms with Gasteiger partial charge in [0.2, 0.25) is 0 Å². The fourth-order valence-electron chi connectivity index (χ4n) is 10.8. The molecule has 0 aromatic carbocycles. The Kier molecular flexibility index (Phi) is 5.20. The Balaban J connectivity index is 1.60. The number of aliphatic hydroxyl groups excluding tert-OH is 1. The first-order valence-electron chi connectivity index (χ1n) is 13.8. The standard InChI is InChI=1S/C30H46O4/c1-17-18(25(33)34)16-23(32)28(5)14-15-29(6)19(24(17)28)8-9-21-27(4)12-11-22(31)26(2,3)20(27)10-13-30(21,29)7/h8,17-18,20-21,23-24,32H,9-16H2,1-7H3,(H,33,34)/t17-,18+,20?,21+,23?,24+,27-,28-,29+,30+/m0/s1. The lowest BCUT2D eigenvalue weighted by Crippen LogP contribution is -2.65. The minimum atomic E-state index is -0.761. The zero-order valence-electron chi connectivity index (χ0n) is 22.4. The van der Waals surface area contributed by atoms with Gasteiger partial charge in [-0.2, -0.15) is 0 Å². The maximum absolute atomic E-state index is 12.9. The van der Waals surface area contributed by atoms with Crippen LogP contribution in [0.5, 0.6) is 0 Å². The summed E-state index contributed by atoms with van der Waals surface area (Å²) in [5.41, 5.74) is 1.24. The van der Waals surface area contributed by atoms with Crippen LogP contribution in [0.2, 0.25) is 0 Å². The zero-order valence-corrected chi connectivity index (χ0v) is 22.4. The van der Waals surface area contributed by atoms with E-state index in [0.29, 0.717) is 30.5 Å². The topological polar surface area (TPSA) is 74.6 Å². The predicted molar refractivity (Wildman–Crippen MR) is 133 cm³/mol. The molecule has 5 rings (SSSR count). The number of hydrogen-bond acceptors (Lipinski definition) is 3. The number of hydrogen-bond donors (Lipinski definition) is 2. The van der Waals surface area contributed by atoms with Crippen molar-refractivity contribution >= 4 is 11.8 Å². The van der Waals surface area contributed by atoms with Crippen LogP contribution in [0.15, 0.2) is 11.6 Å². The van der Waals surface area contributed by atoms with Crippen LogP contribution in [-0.4, -0.2) is 28.1 Å². The molecule has 0 aliphatic heterocycles. The van der Waals surface area contributed by atoms with Crippen LogP contribution in [0.3, 0.4) is 0 Å². The number of allylic oxidation sites excluding steroid dienone is 2. The highest BCUT2D eigenvalue weighted by atomic mass is 16.4. The Bertz CT molecular complexity index is 949. The summed E-state index contributed by atoms with van der Waals surface area (Å²) in [4.78, 5) is 25.1. The third-order valence-corrected chi connectivity index (χ3v) is 13.2. The van der Waals surface area contributed by atoms with Gasteiger partial charge >= 0.3 is 5.97 Å². The van der Waals surface area contributed by atoms with Gasteiger partial charge in [0, 0.05) is 17.3 Å². The summed E-state index contributed by atoms with van der Waals surface area (Å²) in [6.07, 6.45) is 9.26. The number of rotatable bonds is 1.